The van der Waals surface area contributed by atoms with Crippen LogP contribution in [0.1, 0.15) is 20.2 Å². The van der Waals surface area contributed by atoms with Crippen molar-refractivity contribution in [2.75, 3.05) is 5.32 Å². The zero-order valence-electron chi connectivity index (χ0n) is 8.71. The largest absolute Gasteiger partial charge is 0.365 e. The first-order chi connectivity index (χ1) is 8.18. The highest BCUT2D eigenvalue weighted by Crippen LogP contribution is 2.21. The Labute approximate surface area is 101 Å². The molecular formula is C11H9N3O2S. The number of aromatic nitrogens is 1. The van der Waals surface area contributed by atoms with Crippen LogP contribution in [0, 0.1) is 0 Å². The van der Waals surface area contributed by atoms with E-state index in [1.54, 1.807) is 29.6 Å². The van der Waals surface area contributed by atoms with E-state index in [2.05, 4.69) is 10.3 Å². The van der Waals surface area contributed by atoms with Gasteiger partial charge in [-0.05, 0) is 23.6 Å². The maximum atomic E-state index is 11.8. The highest BCUT2D eigenvalue weighted by atomic mass is 32.1. The second kappa shape index (κ2) is 4.75. The summed E-state index contributed by atoms with van der Waals surface area (Å²) in [5.74, 6) is -0.928. The summed E-state index contributed by atoms with van der Waals surface area (Å²) in [6.07, 6.45) is 1.53. The van der Waals surface area contributed by atoms with Crippen LogP contribution in [0.15, 0.2) is 35.8 Å². The Balaban J connectivity index is 2.19. The minimum absolute atomic E-state index is 0.286. The molecule has 0 aliphatic heterocycles. The number of nitrogens with two attached hydrogens (primary N) is 1. The fraction of sp³-hybridized carbons (Fsp3) is 0. The number of rotatable bonds is 3. The van der Waals surface area contributed by atoms with Gasteiger partial charge in [-0.25, -0.2) is 0 Å². The van der Waals surface area contributed by atoms with Crippen LogP contribution in [0.2, 0.25) is 0 Å². The van der Waals surface area contributed by atoms with Crippen LogP contribution in [-0.2, 0) is 0 Å². The number of amides is 2. The molecule has 0 spiro atoms. The van der Waals surface area contributed by atoms with E-state index in [0.717, 1.165) is 0 Å². The van der Waals surface area contributed by atoms with E-state index in [4.69, 9.17) is 5.73 Å². The second-order valence-corrected chi connectivity index (χ2v) is 4.11. The molecule has 0 saturated heterocycles. The van der Waals surface area contributed by atoms with E-state index < -0.39 is 5.91 Å². The molecule has 5 nitrogen and oxygen atoms in total. The second-order valence-electron chi connectivity index (χ2n) is 3.20. The Morgan fingerprint density at radius 2 is 2.12 bits per heavy atom. The Hall–Kier alpha value is -2.21. The van der Waals surface area contributed by atoms with Crippen molar-refractivity contribution in [3.63, 3.8) is 0 Å². The van der Waals surface area contributed by atoms with Gasteiger partial charge >= 0.3 is 0 Å². The monoisotopic (exact) mass is 247 g/mol. The number of pyridine rings is 1. The lowest BCUT2D eigenvalue weighted by atomic mass is 10.3. The van der Waals surface area contributed by atoms with E-state index >= 15 is 0 Å². The molecule has 2 amide bonds. The summed E-state index contributed by atoms with van der Waals surface area (Å²) in [7, 11) is 0. The van der Waals surface area contributed by atoms with Gasteiger partial charge in [-0.15, -0.1) is 11.3 Å². The van der Waals surface area contributed by atoms with E-state index in [-0.39, 0.29) is 11.6 Å². The average Bonchev–Trinajstić information content (AvgIpc) is 2.78. The smallest absolute Gasteiger partial charge is 0.274 e. The molecule has 0 aromatic carbocycles. The molecule has 0 aliphatic rings. The molecule has 2 aromatic heterocycles. The lowest BCUT2D eigenvalue weighted by Crippen LogP contribution is -2.17. The van der Waals surface area contributed by atoms with Gasteiger partial charge in [0.25, 0.3) is 11.8 Å². The third-order valence-electron chi connectivity index (χ3n) is 2.03. The molecule has 2 heterocycles. The highest BCUT2D eigenvalue weighted by molar-refractivity contribution is 7.12. The molecule has 86 valence electrons. The Morgan fingerprint density at radius 1 is 1.29 bits per heavy atom. The van der Waals surface area contributed by atoms with Gasteiger partial charge in [0, 0.05) is 6.20 Å². The number of nitrogens with one attached hydrogen (secondary N) is 1. The minimum atomic E-state index is -0.559. The predicted octanol–water partition coefficient (Wildman–Crippen LogP) is 1.49. The molecule has 0 radical (unpaired) electrons. The van der Waals surface area contributed by atoms with E-state index in [0.29, 0.717) is 10.6 Å². The van der Waals surface area contributed by atoms with Crippen LogP contribution in [0.5, 0.6) is 0 Å². The molecule has 2 rings (SSSR count). The summed E-state index contributed by atoms with van der Waals surface area (Å²) < 4.78 is 0. The van der Waals surface area contributed by atoms with E-state index in [1.807, 2.05) is 0 Å². The van der Waals surface area contributed by atoms with Crippen LogP contribution in [0.4, 0.5) is 5.69 Å². The molecule has 0 fully saturated rings. The van der Waals surface area contributed by atoms with Crippen LogP contribution in [0.3, 0.4) is 0 Å². The summed E-state index contributed by atoms with van der Waals surface area (Å²) in [4.78, 5) is 27.1. The number of thiophene rings is 1. The number of primary amides is 1. The number of anilines is 1. The summed E-state index contributed by atoms with van der Waals surface area (Å²) in [5.41, 5.74) is 5.88. The summed E-state index contributed by atoms with van der Waals surface area (Å²) in [6, 6.07) is 6.65. The number of carbonyl (C=O) groups excluding carboxylic acids is 2. The van der Waals surface area contributed by atoms with Gasteiger partial charge in [0.15, 0.2) is 0 Å². The maximum absolute atomic E-state index is 11.8. The predicted molar refractivity (Wildman–Crippen MR) is 65.0 cm³/mol. The lowest BCUT2D eigenvalue weighted by molar-refractivity contribution is 0.100. The van der Waals surface area contributed by atoms with Crippen molar-refractivity contribution < 1.29 is 9.59 Å². The topological polar surface area (TPSA) is 85.1 Å². The molecular weight excluding hydrogens is 238 g/mol. The lowest BCUT2D eigenvalue weighted by Gasteiger charge is -2.03. The fourth-order valence-electron chi connectivity index (χ4n) is 1.28. The number of hydrogen-bond donors (Lipinski definition) is 2. The van der Waals surface area contributed by atoms with Crippen molar-refractivity contribution in [1.29, 1.82) is 0 Å². The first kappa shape index (κ1) is 11.3. The average molecular weight is 247 g/mol. The first-order valence-electron chi connectivity index (χ1n) is 4.78. The van der Waals surface area contributed by atoms with Crippen LogP contribution in [0.25, 0.3) is 0 Å². The van der Waals surface area contributed by atoms with E-state index in [1.165, 1.54) is 17.5 Å². The van der Waals surface area contributed by atoms with Crippen LogP contribution < -0.4 is 11.1 Å². The summed E-state index contributed by atoms with van der Waals surface area (Å²) >= 11 is 1.19. The molecule has 0 aliphatic carbocycles. The van der Waals surface area contributed by atoms with Gasteiger partial charge in [-0.2, -0.15) is 0 Å². The fourth-order valence-corrected chi connectivity index (χ4v) is 1.98. The Bertz CT molecular complexity index is 551. The molecule has 3 N–H and O–H groups in total. The Kier molecular flexibility index (Phi) is 3.15. The molecule has 17 heavy (non-hydrogen) atoms. The summed E-state index contributed by atoms with van der Waals surface area (Å²) in [5, 5.41) is 4.28. The van der Waals surface area contributed by atoms with Gasteiger partial charge in [0.2, 0.25) is 0 Å². The van der Waals surface area contributed by atoms with Crippen molar-refractivity contribution in [1.82, 2.24) is 4.98 Å². The van der Waals surface area contributed by atoms with Gasteiger partial charge in [-0.3, -0.25) is 14.6 Å². The van der Waals surface area contributed by atoms with Crippen molar-refractivity contribution in [2.24, 2.45) is 5.73 Å². The van der Waals surface area contributed by atoms with Gasteiger partial charge in [0.1, 0.15) is 10.6 Å². The summed E-state index contributed by atoms with van der Waals surface area (Å²) in [6.45, 7) is 0. The molecule has 2 aromatic rings. The normalized spacial score (nSPS) is 9.88. The standard InChI is InChI=1S/C11H9N3O2S/c12-10(15)9-7(4-6-17-9)14-11(16)8-3-1-2-5-13-8/h1-6H,(H2,12,15)(H,14,16). The van der Waals surface area contributed by atoms with Crippen molar-refractivity contribution in [3.05, 3.63) is 46.4 Å². The van der Waals surface area contributed by atoms with Crippen LogP contribution >= 0.6 is 11.3 Å². The molecule has 0 bridgehead atoms. The number of carbonyl (C=O) groups is 2. The minimum Gasteiger partial charge on any atom is -0.365 e. The molecule has 0 saturated carbocycles. The number of nitrogens with zero attached hydrogens (tertiary/aromatic N) is 1. The van der Waals surface area contributed by atoms with Gasteiger partial charge in [0.05, 0.1) is 5.69 Å². The zero-order chi connectivity index (χ0) is 12.3. The third kappa shape index (κ3) is 2.48. The van der Waals surface area contributed by atoms with Crippen molar-refractivity contribution in [3.8, 4) is 0 Å². The van der Waals surface area contributed by atoms with E-state index in [9.17, 15) is 9.59 Å². The SMILES string of the molecule is NC(=O)c1sccc1NC(=O)c1ccccn1. The third-order valence-corrected chi connectivity index (χ3v) is 2.96. The molecule has 0 unspecified atom stereocenters. The molecule has 6 heteroatoms. The van der Waals surface area contributed by atoms with Crippen LogP contribution in [-0.4, -0.2) is 16.8 Å². The molecule has 0 atom stereocenters. The van der Waals surface area contributed by atoms with Crippen molar-refractivity contribution in [2.45, 2.75) is 0 Å². The quantitative estimate of drug-likeness (QED) is 0.861. The number of hydrogen-bond acceptors (Lipinski definition) is 4. The highest BCUT2D eigenvalue weighted by Gasteiger charge is 2.13. The van der Waals surface area contributed by atoms with Gasteiger partial charge in [-0.1, -0.05) is 6.07 Å². The maximum Gasteiger partial charge on any atom is 0.274 e. The zero-order valence-corrected chi connectivity index (χ0v) is 9.53. The van der Waals surface area contributed by atoms with Gasteiger partial charge < -0.3 is 11.1 Å². The first-order valence-corrected chi connectivity index (χ1v) is 5.66. The van der Waals surface area contributed by atoms with Crippen molar-refractivity contribution >= 4 is 28.8 Å². The Morgan fingerprint density at radius 3 is 2.76 bits per heavy atom.